The smallest absolute Gasteiger partial charge is 0.123 e. The largest absolute Gasteiger partial charge is 0.496 e. The molecule has 0 radical (unpaired) electrons. The molecule has 3 nitrogen and oxygen atoms in total. The maximum atomic E-state index is 5.52. The molecule has 114 valence electrons. The summed E-state index contributed by atoms with van der Waals surface area (Å²) >= 11 is 1.79. The maximum absolute atomic E-state index is 5.52. The van der Waals surface area contributed by atoms with Crippen molar-refractivity contribution in [2.24, 2.45) is 0 Å². The minimum Gasteiger partial charge on any atom is -0.496 e. The molecule has 1 N–H and O–H groups in total. The van der Waals surface area contributed by atoms with Crippen LogP contribution in [0.2, 0.25) is 0 Å². The van der Waals surface area contributed by atoms with Crippen LogP contribution in [0.15, 0.2) is 24.3 Å². The molecule has 0 saturated carbocycles. The summed E-state index contributed by atoms with van der Waals surface area (Å²) in [7, 11) is 1.73. The van der Waals surface area contributed by atoms with Crippen molar-refractivity contribution in [3.05, 3.63) is 45.4 Å². The van der Waals surface area contributed by atoms with Crippen molar-refractivity contribution >= 4 is 11.3 Å². The lowest BCUT2D eigenvalue weighted by Gasteiger charge is -2.20. The number of ether oxygens (including phenoxy) is 1. The van der Waals surface area contributed by atoms with Gasteiger partial charge < -0.3 is 10.1 Å². The van der Waals surface area contributed by atoms with Gasteiger partial charge >= 0.3 is 0 Å². The van der Waals surface area contributed by atoms with Crippen LogP contribution < -0.4 is 10.1 Å². The summed E-state index contributed by atoms with van der Waals surface area (Å²) in [6, 6.07) is 8.48. The molecule has 0 aliphatic heterocycles. The number of thiazole rings is 1. The topological polar surface area (TPSA) is 34.2 Å². The molecule has 0 fully saturated rings. The van der Waals surface area contributed by atoms with E-state index in [-0.39, 0.29) is 6.04 Å². The van der Waals surface area contributed by atoms with Gasteiger partial charge in [0.2, 0.25) is 0 Å². The number of hydrogen-bond acceptors (Lipinski definition) is 4. The van der Waals surface area contributed by atoms with Crippen LogP contribution in [-0.2, 0) is 6.42 Å². The highest BCUT2D eigenvalue weighted by Crippen LogP contribution is 2.29. The van der Waals surface area contributed by atoms with E-state index in [1.165, 1.54) is 15.4 Å². The fourth-order valence-corrected chi connectivity index (χ4v) is 3.35. The fourth-order valence-electron chi connectivity index (χ4n) is 2.37. The van der Waals surface area contributed by atoms with Crippen LogP contribution in [0.4, 0.5) is 0 Å². The van der Waals surface area contributed by atoms with Gasteiger partial charge in [-0.2, -0.15) is 0 Å². The number of methoxy groups -OCH3 is 1. The Kier molecular flexibility index (Phi) is 5.76. The Morgan fingerprint density at radius 3 is 2.67 bits per heavy atom. The van der Waals surface area contributed by atoms with Gasteiger partial charge in [0.25, 0.3) is 0 Å². The van der Waals surface area contributed by atoms with E-state index in [1.54, 1.807) is 18.4 Å². The van der Waals surface area contributed by atoms with Crippen LogP contribution in [-0.4, -0.2) is 18.6 Å². The molecule has 0 spiro atoms. The number of nitrogens with one attached hydrogen (secondary N) is 1. The quantitative estimate of drug-likeness (QED) is 0.838. The van der Waals surface area contributed by atoms with Crippen molar-refractivity contribution in [2.75, 3.05) is 13.7 Å². The van der Waals surface area contributed by atoms with E-state index in [2.05, 4.69) is 43.2 Å². The van der Waals surface area contributed by atoms with Gasteiger partial charge in [0.15, 0.2) is 0 Å². The van der Waals surface area contributed by atoms with Gasteiger partial charge in [-0.25, -0.2) is 4.98 Å². The lowest BCUT2D eigenvalue weighted by Crippen LogP contribution is -2.24. The first-order chi connectivity index (χ1) is 10.2. The number of benzene rings is 1. The highest BCUT2D eigenvalue weighted by Gasteiger charge is 2.18. The average Bonchev–Trinajstić information content (AvgIpc) is 2.81. The van der Waals surface area contributed by atoms with Gasteiger partial charge in [-0.3, -0.25) is 0 Å². The molecule has 2 aromatic rings. The first kappa shape index (κ1) is 16.0. The normalized spacial score (nSPS) is 12.4. The molecule has 1 aromatic carbocycles. The first-order valence-electron chi connectivity index (χ1n) is 7.44. The summed E-state index contributed by atoms with van der Waals surface area (Å²) in [4.78, 5) is 5.98. The van der Waals surface area contributed by atoms with Gasteiger partial charge in [-0.1, -0.05) is 25.1 Å². The van der Waals surface area contributed by atoms with E-state index in [0.29, 0.717) is 0 Å². The number of para-hydroxylation sites is 1. The van der Waals surface area contributed by atoms with Crippen molar-refractivity contribution in [3.8, 4) is 5.75 Å². The Morgan fingerprint density at radius 2 is 2.05 bits per heavy atom. The van der Waals surface area contributed by atoms with Gasteiger partial charge in [0, 0.05) is 22.9 Å². The zero-order valence-corrected chi connectivity index (χ0v) is 14.1. The maximum Gasteiger partial charge on any atom is 0.123 e. The van der Waals surface area contributed by atoms with Crippen molar-refractivity contribution in [1.29, 1.82) is 0 Å². The molecule has 0 amide bonds. The minimum absolute atomic E-state index is 0.242. The molecular formula is C17H24N2OS. The summed E-state index contributed by atoms with van der Waals surface area (Å²) in [6.45, 7) is 7.39. The van der Waals surface area contributed by atoms with Gasteiger partial charge in [0.05, 0.1) is 17.8 Å². The van der Waals surface area contributed by atoms with E-state index in [1.807, 2.05) is 12.1 Å². The molecule has 0 aliphatic rings. The molecule has 2 rings (SSSR count). The Labute approximate surface area is 131 Å². The highest BCUT2D eigenvalue weighted by atomic mass is 32.1. The monoisotopic (exact) mass is 304 g/mol. The second-order valence-corrected chi connectivity index (χ2v) is 6.49. The molecule has 0 saturated heterocycles. The third-order valence-electron chi connectivity index (χ3n) is 3.61. The van der Waals surface area contributed by atoms with Crippen molar-refractivity contribution in [3.63, 3.8) is 0 Å². The molecule has 1 aromatic heterocycles. The van der Waals surface area contributed by atoms with E-state index in [0.717, 1.165) is 30.8 Å². The molecule has 0 bridgehead atoms. The molecular weight excluding hydrogens is 280 g/mol. The third-order valence-corrected chi connectivity index (χ3v) is 4.70. The second-order valence-electron chi connectivity index (χ2n) is 5.20. The summed E-state index contributed by atoms with van der Waals surface area (Å²) in [6.07, 6.45) is 2.02. The van der Waals surface area contributed by atoms with Crippen LogP contribution in [0.5, 0.6) is 5.75 Å². The molecule has 4 heteroatoms. The van der Waals surface area contributed by atoms with E-state index in [9.17, 15) is 0 Å². The van der Waals surface area contributed by atoms with E-state index in [4.69, 9.17) is 4.74 Å². The van der Waals surface area contributed by atoms with Gasteiger partial charge in [0.1, 0.15) is 5.75 Å². The van der Waals surface area contributed by atoms with E-state index < -0.39 is 0 Å². The van der Waals surface area contributed by atoms with Crippen LogP contribution in [0.1, 0.15) is 40.5 Å². The molecule has 21 heavy (non-hydrogen) atoms. The Bertz CT molecular complexity index is 560. The zero-order valence-electron chi connectivity index (χ0n) is 13.3. The van der Waals surface area contributed by atoms with Crippen LogP contribution in [0.3, 0.4) is 0 Å². The highest BCUT2D eigenvalue weighted by molar-refractivity contribution is 7.11. The van der Waals surface area contributed by atoms with E-state index >= 15 is 0 Å². The van der Waals surface area contributed by atoms with Crippen LogP contribution in [0, 0.1) is 13.8 Å². The Balaban J connectivity index is 2.25. The minimum atomic E-state index is 0.242. The van der Waals surface area contributed by atoms with Crippen molar-refractivity contribution < 1.29 is 4.74 Å². The zero-order chi connectivity index (χ0) is 15.2. The average molecular weight is 304 g/mol. The number of nitrogens with zero attached hydrogens (tertiary/aromatic N) is 1. The summed E-state index contributed by atoms with van der Waals surface area (Å²) in [5.74, 6) is 0.941. The fraction of sp³-hybridized carbons (Fsp3) is 0.471. The standard InChI is InChI=1S/C17H24N2OS/c1-5-10-18-15(11-17-19-12(2)13(3)21-17)14-8-6-7-9-16(14)20-4/h6-9,15,18H,5,10-11H2,1-4H3. The Hall–Kier alpha value is -1.39. The van der Waals surface area contributed by atoms with Gasteiger partial charge in [-0.15, -0.1) is 11.3 Å². The van der Waals surface area contributed by atoms with Crippen LogP contribution in [0.25, 0.3) is 0 Å². The SMILES string of the molecule is CCCNC(Cc1nc(C)c(C)s1)c1ccccc1OC. The predicted octanol–water partition coefficient (Wildman–Crippen LogP) is 4.05. The first-order valence-corrected chi connectivity index (χ1v) is 8.26. The summed E-state index contributed by atoms with van der Waals surface area (Å²) < 4.78 is 5.52. The summed E-state index contributed by atoms with van der Waals surface area (Å²) in [5, 5.41) is 4.81. The lowest BCUT2D eigenvalue weighted by atomic mass is 10.0. The number of aryl methyl sites for hydroxylation is 2. The van der Waals surface area contributed by atoms with Crippen molar-refractivity contribution in [1.82, 2.24) is 10.3 Å². The third kappa shape index (κ3) is 4.05. The van der Waals surface area contributed by atoms with Gasteiger partial charge in [-0.05, 0) is 32.9 Å². The number of rotatable bonds is 7. The Morgan fingerprint density at radius 1 is 1.29 bits per heavy atom. The molecule has 0 aliphatic carbocycles. The molecule has 1 atom stereocenters. The van der Waals surface area contributed by atoms with Crippen LogP contribution >= 0.6 is 11.3 Å². The molecule has 1 unspecified atom stereocenters. The summed E-state index contributed by atoms with van der Waals surface area (Å²) in [5.41, 5.74) is 2.35. The molecule has 1 heterocycles. The number of hydrogen-bond donors (Lipinski definition) is 1. The number of aromatic nitrogens is 1. The second kappa shape index (κ2) is 7.57. The lowest BCUT2D eigenvalue weighted by molar-refractivity contribution is 0.398. The van der Waals surface area contributed by atoms with Crippen molar-refractivity contribution in [2.45, 2.75) is 39.7 Å². The predicted molar refractivity (Wildman–Crippen MR) is 89.3 cm³/mol.